The molecular formula is C9H13NO3. The molecule has 13 heavy (non-hydrogen) atoms. The van der Waals surface area contributed by atoms with Gasteiger partial charge in [-0.25, -0.2) is 4.79 Å². The fourth-order valence-corrected chi connectivity index (χ4v) is 0.644. The number of esters is 1. The molecule has 0 saturated heterocycles. The maximum Gasteiger partial charge on any atom is 0.348 e. The van der Waals surface area contributed by atoms with Crippen molar-refractivity contribution in [1.29, 1.82) is 5.26 Å². The summed E-state index contributed by atoms with van der Waals surface area (Å²) >= 11 is 0. The Balaban J connectivity index is 4.09. The van der Waals surface area contributed by atoms with Gasteiger partial charge >= 0.3 is 5.97 Å². The summed E-state index contributed by atoms with van der Waals surface area (Å²) in [5.41, 5.74) is -0.00435. The zero-order valence-electron chi connectivity index (χ0n) is 7.87. The summed E-state index contributed by atoms with van der Waals surface area (Å²) in [5, 5.41) is 8.55. The van der Waals surface area contributed by atoms with Crippen LogP contribution in [0.15, 0.2) is 11.6 Å². The average molecular weight is 183 g/mol. The highest BCUT2D eigenvalue weighted by atomic mass is 16.5. The molecule has 0 atom stereocenters. The normalized spacial score (nSPS) is 10.7. The highest BCUT2D eigenvalue weighted by Crippen LogP contribution is 1.96. The van der Waals surface area contributed by atoms with E-state index in [4.69, 9.17) is 10.00 Å². The number of nitrogens with zero attached hydrogens (tertiary/aromatic N) is 1. The molecule has 4 nitrogen and oxygen atoms in total. The van der Waals surface area contributed by atoms with Gasteiger partial charge < -0.3 is 9.47 Å². The van der Waals surface area contributed by atoms with Crippen LogP contribution in [0.5, 0.6) is 0 Å². The van der Waals surface area contributed by atoms with E-state index in [0.717, 1.165) is 0 Å². The molecule has 0 fully saturated rings. The van der Waals surface area contributed by atoms with Crippen LogP contribution in [0.4, 0.5) is 0 Å². The number of nitriles is 1. The van der Waals surface area contributed by atoms with Gasteiger partial charge in [-0.05, 0) is 19.9 Å². The molecule has 0 saturated carbocycles. The number of hydrogen-bond acceptors (Lipinski definition) is 4. The van der Waals surface area contributed by atoms with E-state index in [1.807, 2.05) is 6.92 Å². The van der Waals surface area contributed by atoms with Gasteiger partial charge in [-0.15, -0.1) is 0 Å². The Morgan fingerprint density at radius 1 is 1.46 bits per heavy atom. The fourth-order valence-electron chi connectivity index (χ4n) is 0.644. The maximum atomic E-state index is 11.0. The second-order valence-electron chi connectivity index (χ2n) is 2.11. The van der Waals surface area contributed by atoms with Crippen molar-refractivity contribution < 1.29 is 14.3 Å². The number of ether oxygens (including phenoxy) is 2. The van der Waals surface area contributed by atoms with E-state index in [2.05, 4.69) is 4.74 Å². The number of hydrogen-bond donors (Lipinski definition) is 0. The largest absolute Gasteiger partial charge is 0.462 e. The van der Waals surface area contributed by atoms with Crippen LogP contribution in [0.1, 0.15) is 13.8 Å². The zero-order valence-corrected chi connectivity index (χ0v) is 7.87. The van der Waals surface area contributed by atoms with Gasteiger partial charge in [0.25, 0.3) is 0 Å². The highest BCUT2D eigenvalue weighted by Gasteiger charge is 2.08. The Hall–Kier alpha value is -1.34. The van der Waals surface area contributed by atoms with E-state index in [0.29, 0.717) is 6.61 Å². The van der Waals surface area contributed by atoms with Crippen molar-refractivity contribution in [3.05, 3.63) is 11.6 Å². The number of rotatable bonds is 5. The molecule has 0 aliphatic carbocycles. The van der Waals surface area contributed by atoms with Crippen LogP contribution >= 0.6 is 0 Å². The standard InChI is InChI=1S/C9H13NO3/c1-3-12-6-5-8(7-10)9(11)13-4-2/h5H,3-4,6H2,1-2H3. The first-order chi connectivity index (χ1) is 6.26. The van der Waals surface area contributed by atoms with Gasteiger partial charge in [-0.3, -0.25) is 0 Å². The lowest BCUT2D eigenvalue weighted by atomic mass is 10.3. The minimum atomic E-state index is -0.593. The van der Waals surface area contributed by atoms with E-state index in [1.54, 1.807) is 13.0 Å². The Morgan fingerprint density at radius 3 is 2.62 bits per heavy atom. The maximum absolute atomic E-state index is 11.0. The van der Waals surface area contributed by atoms with E-state index in [-0.39, 0.29) is 18.8 Å². The molecule has 0 heterocycles. The molecule has 0 unspecified atom stereocenters. The Labute approximate surface area is 77.8 Å². The molecule has 4 heteroatoms. The molecule has 0 spiro atoms. The Morgan fingerprint density at radius 2 is 2.15 bits per heavy atom. The van der Waals surface area contributed by atoms with Crippen LogP contribution in [0, 0.1) is 11.3 Å². The average Bonchev–Trinajstić information content (AvgIpc) is 2.13. The molecular weight excluding hydrogens is 170 g/mol. The first kappa shape index (κ1) is 11.7. The third-order valence-electron chi connectivity index (χ3n) is 1.23. The van der Waals surface area contributed by atoms with Crippen molar-refractivity contribution in [2.24, 2.45) is 0 Å². The van der Waals surface area contributed by atoms with Crippen LogP contribution < -0.4 is 0 Å². The van der Waals surface area contributed by atoms with Crippen molar-refractivity contribution >= 4 is 5.97 Å². The van der Waals surface area contributed by atoms with Gasteiger partial charge in [0.05, 0.1) is 13.2 Å². The minimum absolute atomic E-state index is 0.00435. The lowest BCUT2D eigenvalue weighted by Gasteiger charge is -1.99. The van der Waals surface area contributed by atoms with E-state index >= 15 is 0 Å². The summed E-state index contributed by atoms with van der Waals surface area (Å²) in [6.07, 6.45) is 1.42. The smallest absolute Gasteiger partial charge is 0.348 e. The number of carbonyl (C=O) groups excluding carboxylic acids is 1. The van der Waals surface area contributed by atoms with E-state index < -0.39 is 5.97 Å². The molecule has 0 bridgehead atoms. The van der Waals surface area contributed by atoms with Gasteiger partial charge in [-0.2, -0.15) is 5.26 Å². The molecule has 0 radical (unpaired) electrons. The zero-order chi connectivity index (χ0) is 10.1. The lowest BCUT2D eigenvalue weighted by Crippen LogP contribution is -2.07. The molecule has 0 aliphatic rings. The predicted molar refractivity (Wildman–Crippen MR) is 46.8 cm³/mol. The third-order valence-corrected chi connectivity index (χ3v) is 1.23. The van der Waals surface area contributed by atoms with Crippen molar-refractivity contribution in [2.75, 3.05) is 19.8 Å². The first-order valence-electron chi connectivity index (χ1n) is 4.11. The van der Waals surface area contributed by atoms with Crippen LogP contribution in [-0.4, -0.2) is 25.8 Å². The van der Waals surface area contributed by atoms with Gasteiger partial charge in [0.15, 0.2) is 0 Å². The van der Waals surface area contributed by atoms with Crippen LogP contribution in [0.3, 0.4) is 0 Å². The number of carbonyl (C=O) groups is 1. The Bertz CT molecular complexity index is 228. The molecule has 0 aromatic heterocycles. The SMILES string of the molecule is CCOCC=C(C#N)C(=O)OCC. The quantitative estimate of drug-likeness (QED) is 0.276. The fraction of sp³-hybridized carbons (Fsp3) is 0.556. The molecule has 72 valence electrons. The van der Waals surface area contributed by atoms with Crippen molar-refractivity contribution in [1.82, 2.24) is 0 Å². The highest BCUT2D eigenvalue weighted by molar-refractivity contribution is 5.92. The molecule has 0 rings (SSSR count). The minimum Gasteiger partial charge on any atom is -0.462 e. The lowest BCUT2D eigenvalue weighted by molar-refractivity contribution is -0.138. The van der Waals surface area contributed by atoms with E-state index in [9.17, 15) is 4.79 Å². The summed E-state index contributed by atoms with van der Waals surface area (Å²) < 4.78 is 9.60. The van der Waals surface area contributed by atoms with Crippen molar-refractivity contribution in [3.8, 4) is 6.07 Å². The summed E-state index contributed by atoms with van der Waals surface area (Å²) in [6.45, 7) is 4.61. The summed E-state index contributed by atoms with van der Waals surface area (Å²) in [4.78, 5) is 11.0. The second kappa shape index (κ2) is 7.32. The molecule has 0 N–H and O–H groups in total. The monoisotopic (exact) mass is 183 g/mol. The van der Waals surface area contributed by atoms with Crippen molar-refractivity contribution in [3.63, 3.8) is 0 Å². The Kier molecular flexibility index (Phi) is 6.56. The van der Waals surface area contributed by atoms with Crippen LogP contribution in [-0.2, 0) is 14.3 Å². The molecule has 0 aliphatic heterocycles. The first-order valence-corrected chi connectivity index (χ1v) is 4.11. The molecule has 0 amide bonds. The summed E-state index contributed by atoms with van der Waals surface area (Å²) in [5.74, 6) is -0.593. The summed E-state index contributed by atoms with van der Waals surface area (Å²) in [6, 6.07) is 1.75. The van der Waals surface area contributed by atoms with Crippen LogP contribution in [0.25, 0.3) is 0 Å². The van der Waals surface area contributed by atoms with Crippen molar-refractivity contribution in [2.45, 2.75) is 13.8 Å². The second-order valence-corrected chi connectivity index (χ2v) is 2.11. The topological polar surface area (TPSA) is 59.3 Å². The van der Waals surface area contributed by atoms with Gasteiger partial charge in [-0.1, -0.05) is 0 Å². The third kappa shape index (κ3) is 4.99. The van der Waals surface area contributed by atoms with Gasteiger partial charge in [0, 0.05) is 6.61 Å². The van der Waals surface area contributed by atoms with Gasteiger partial charge in [0.2, 0.25) is 0 Å². The van der Waals surface area contributed by atoms with Gasteiger partial charge in [0.1, 0.15) is 11.6 Å². The van der Waals surface area contributed by atoms with Crippen LogP contribution in [0.2, 0.25) is 0 Å². The molecule has 0 aromatic carbocycles. The summed E-state index contributed by atoms with van der Waals surface area (Å²) in [7, 11) is 0. The van der Waals surface area contributed by atoms with E-state index in [1.165, 1.54) is 6.08 Å². The molecule has 0 aromatic rings. The predicted octanol–water partition coefficient (Wildman–Crippen LogP) is 1.04.